The summed E-state index contributed by atoms with van der Waals surface area (Å²) in [5.41, 5.74) is 0. The molecule has 2 bridgehead atoms. The Morgan fingerprint density at radius 1 is 1.29 bits per heavy atom. The maximum Gasteiger partial charge on any atom is 0.549 e. The van der Waals surface area contributed by atoms with Crippen molar-refractivity contribution in [3.8, 4) is 0 Å². The van der Waals surface area contributed by atoms with E-state index in [0.717, 1.165) is 19.3 Å². The Kier molecular flexibility index (Phi) is 4.21. The van der Waals surface area contributed by atoms with E-state index in [1.807, 2.05) is 30.3 Å². The van der Waals surface area contributed by atoms with Gasteiger partial charge in [-0.1, -0.05) is 18.2 Å². The third kappa shape index (κ3) is 2.80. The molecule has 2 saturated heterocycles. The number of ketones is 1. The first kappa shape index (κ1) is 14.8. The molecule has 1 aromatic rings. The van der Waals surface area contributed by atoms with E-state index in [-0.39, 0.29) is 23.8 Å². The number of benzene rings is 1. The van der Waals surface area contributed by atoms with Crippen LogP contribution in [0.25, 0.3) is 0 Å². The van der Waals surface area contributed by atoms with E-state index in [9.17, 15) is 9.36 Å². The summed E-state index contributed by atoms with van der Waals surface area (Å²) in [5.74, 6) is -0.00919. The highest BCUT2D eigenvalue weighted by molar-refractivity contribution is 7.48. The van der Waals surface area contributed by atoms with Gasteiger partial charge in [-0.05, 0) is 49.9 Å². The van der Waals surface area contributed by atoms with Gasteiger partial charge in [0.25, 0.3) is 0 Å². The van der Waals surface area contributed by atoms with E-state index in [1.54, 1.807) is 6.92 Å². The summed E-state index contributed by atoms with van der Waals surface area (Å²) in [7, 11) is 0.194. The Bertz CT molecular complexity index is 548. The van der Waals surface area contributed by atoms with Crippen LogP contribution in [0.2, 0.25) is 0 Å². The third-order valence-corrected chi connectivity index (χ3v) is 6.06. The van der Waals surface area contributed by atoms with Gasteiger partial charge in [0.05, 0.1) is 5.92 Å². The minimum Gasteiger partial charge on any atom is -0.300 e. The lowest BCUT2D eigenvalue weighted by molar-refractivity contribution is -0.128. The predicted molar refractivity (Wildman–Crippen MR) is 81.9 cm³/mol. The summed E-state index contributed by atoms with van der Waals surface area (Å²) >= 11 is 0. The zero-order valence-electron chi connectivity index (χ0n) is 12.4. The number of rotatable bonds is 4. The Labute approximate surface area is 126 Å². The zero-order chi connectivity index (χ0) is 15.0. The van der Waals surface area contributed by atoms with E-state index >= 15 is 0 Å². The molecule has 0 aromatic heterocycles. The van der Waals surface area contributed by atoms with Crippen LogP contribution in [0.4, 0.5) is 0 Å². The molecule has 0 amide bonds. The van der Waals surface area contributed by atoms with Gasteiger partial charge in [-0.2, -0.15) is 0 Å². The lowest BCUT2D eigenvalue weighted by atomic mass is 9.85. The van der Waals surface area contributed by atoms with E-state index in [4.69, 9.17) is 4.52 Å². The highest BCUT2D eigenvalue weighted by atomic mass is 31.1. The van der Waals surface area contributed by atoms with Crippen LogP contribution < -0.4 is 5.30 Å². The summed E-state index contributed by atoms with van der Waals surface area (Å²) in [6, 6.07) is 9.91. The fourth-order valence-electron chi connectivity index (χ4n) is 3.80. The highest BCUT2D eigenvalue weighted by Gasteiger charge is 2.50. The molecular formula is C16H21NO3P+. The van der Waals surface area contributed by atoms with Crippen molar-refractivity contribution in [2.75, 3.05) is 7.05 Å². The van der Waals surface area contributed by atoms with Crippen LogP contribution in [0.5, 0.6) is 0 Å². The quantitative estimate of drug-likeness (QED) is 0.802. The number of nitrogens with zero attached hydrogens (tertiary/aromatic N) is 1. The first-order valence-corrected chi connectivity index (χ1v) is 8.67. The average Bonchev–Trinajstić information content (AvgIpc) is 2.72. The number of fused-ring (bicyclic) bond motifs is 2. The second kappa shape index (κ2) is 5.96. The number of carbonyl (C=O) groups is 1. The molecule has 2 fully saturated rings. The van der Waals surface area contributed by atoms with Gasteiger partial charge in [-0.3, -0.25) is 9.69 Å². The standard InChI is InChI=1S/C16H21NO3P/c1-11(18)16-14-9-8-12(17(14)2)10-15(16)20-21(19)13-6-4-3-5-7-13/h3-7,12,14-16H,8-10H2,1-2H3/q+1/t12?,14?,15-,16+/m0/s1. The van der Waals surface area contributed by atoms with Gasteiger partial charge in [0.2, 0.25) is 5.30 Å². The molecule has 1 aromatic carbocycles. The maximum atomic E-state index is 12.4. The number of Topliss-reactive ketones (excluding diaryl/α,β-unsaturated/α-hetero) is 1. The lowest BCUT2D eigenvalue weighted by Gasteiger charge is -2.39. The largest absolute Gasteiger partial charge is 0.549 e. The summed E-state index contributed by atoms with van der Waals surface area (Å²) in [5, 5.41) is 0.695. The summed E-state index contributed by atoms with van der Waals surface area (Å²) in [6.07, 6.45) is 2.71. The highest BCUT2D eigenvalue weighted by Crippen LogP contribution is 2.42. The summed E-state index contributed by atoms with van der Waals surface area (Å²) in [6.45, 7) is 1.63. The molecule has 0 aliphatic carbocycles. The van der Waals surface area contributed by atoms with Crippen molar-refractivity contribution >= 4 is 19.1 Å². The number of hydrogen-bond donors (Lipinski definition) is 0. The number of carbonyl (C=O) groups excluding carboxylic acids is 1. The smallest absolute Gasteiger partial charge is 0.300 e. The molecule has 3 unspecified atom stereocenters. The SMILES string of the molecule is CC(=O)[C@@H]1C2CCC(C[C@@H]1O[P+](=O)c1ccccc1)N2C. The molecule has 2 heterocycles. The summed E-state index contributed by atoms with van der Waals surface area (Å²) in [4.78, 5) is 14.4. The van der Waals surface area contributed by atoms with Gasteiger partial charge in [-0.25, -0.2) is 0 Å². The molecule has 2 aliphatic heterocycles. The fourth-order valence-corrected chi connectivity index (χ4v) is 4.80. The molecule has 2 aliphatic rings. The first-order chi connectivity index (χ1) is 10.1. The molecule has 112 valence electrons. The molecule has 0 N–H and O–H groups in total. The van der Waals surface area contributed by atoms with Gasteiger partial charge >= 0.3 is 8.03 Å². The predicted octanol–water partition coefficient (Wildman–Crippen LogP) is 2.51. The Morgan fingerprint density at radius 3 is 2.67 bits per heavy atom. The van der Waals surface area contributed by atoms with Crippen LogP contribution in [0.3, 0.4) is 0 Å². The minimum absolute atomic E-state index is 0.147. The van der Waals surface area contributed by atoms with E-state index in [2.05, 4.69) is 11.9 Å². The van der Waals surface area contributed by atoms with E-state index < -0.39 is 8.03 Å². The fraction of sp³-hybridized carbons (Fsp3) is 0.562. The van der Waals surface area contributed by atoms with Gasteiger partial charge in [0.1, 0.15) is 11.9 Å². The van der Waals surface area contributed by atoms with Gasteiger partial charge < -0.3 is 0 Å². The molecule has 5 atom stereocenters. The Balaban J connectivity index is 1.78. The monoisotopic (exact) mass is 306 g/mol. The topological polar surface area (TPSA) is 46.6 Å². The third-order valence-electron chi connectivity index (χ3n) is 4.88. The molecule has 3 rings (SSSR count). The second-order valence-corrected chi connectivity index (χ2v) is 7.31. The van der Waals surface area contributed by atoms with Crippen LogP contribution in [0, 0.1) is 5.92 Å². The molecule has 0 radical (unpaired) electrons. The first-order valence-electron chi connectivity index (χ1n) is 7.49. The van der Waals surface area contributed by atoms with Crippen LogP contribution in [0.15, 0.2) is 30.3 Å². The minimum atomic E-state index is -1.90. The maximum absolute atomic E-state index is 12.4. The van der Waals surface area contributed by atoms with Crippen molar-refractivity contribution in [1.29, 1.82) is 0 Å². The van der Waals surface area contributed by atoms with Crippen molar-refractivity contribution in [2.45, 2.75) is 44.4 Å². The number of piperidine rings is 1. The van der Waals surface area contributed by atoms with E-state index in [0.29, 0.717) is 11.3 Å². The van der Waals surface area contributed by atoms with Crippen molar-refractivity contribution in [3.05, 3.63) is 30.3 Å². The Morgan fingerprint density at radius 2 is 2.00 bits per heavy atom. The molecule has 0 spiro atoms. The van der Waals surface area contributed by atoms with E-state index in [1.165, 1.54) is 0 Å². The molecule has 4 nitrogen and oxygen atoms in total. The van der Waals surface area contributed by atoms with Crippen LogP contribution in [-0.2, 0) is 13.9 Å². The summed E-state index contributed by atoms with van der Waals surface area (Å²) < 4.78 is 18.2. The Hall–Kier alpha value is -1.09. The van der Waals surface area contributed by atoms with Crippen molar-refractivity contribution < 1.29 is 13.9 Å². The van der Waals surface area contributed by atoms with Gasteiger partial charge in [0.15, 0.2) is 0 Å². The van der Waals surface area contributed by atoms with Gasteiger partial charge in [0, 0.05) is 12.1 Å². The molecule has 21 heavy (non-hydrogen) atoms. The second-order valence-electron chi connectivity index (χ2n) is 6.07. The van der Waals surface area contributed by atoms with Crippen molar-refractivity contribution in [1.82, 2.24) is 4.90 Å². The normalized spacial score (nSPS) is 33.0. The molecule has 5 heteroatoms. The van der Waals surface area contributed by atoms with Gasteiger partial charge in [-0.15, -0.1) is 4.52 Å². The van der Waals surface area contributed by atoms with Crippen LogP contribution in [-0.4, -0.2) is 35.9 Å². The number of hydrogen-bond acceptors (Lipinski definition) is 4. The lowest BCUT2D eigenvalue weighted by Crippen LogP contribution is -2.51. The average molecular weight is 306 g/mol. The van der Waals surface area contributed by atoms with Crippen LogP contribution >= 0.6 is 8.03 Å². The van der Waals surface area contributed by atoms with Crippen LogP contribution in [0.1, 0.15) is 26.2 Å². The molecule has 0 saturated carbocycles. The van der Waals surface area contributed by atoms with Crippen molar-refractivity contribution in [2.24, 2.45) is 5.92 Å². The van der Waals surface area contributed by atoms with Crippen molar-refractivity contribution in [3.63, 3.8) is 0 Å². The molecular weight excluding hydrogens is 285 g/mol. The zero-order valence-corrected chi connectivity index (χ0v) is 13.3.